The zero-order valence-electron chi connectivity index (χ0n) is 12.6. The van der Waals surface area contributed by atoms with Crippen LogP contribution >= 0.6 is 0 Å². The lowest BCUT2D eigenvalue weighted by atomic mass is 10.1. The number of allylic oxidation sites excluding steroid dienone is 1. The Kier molecular flexibility index (Phi) is 5.14. The lowest BCUT2D eigenvalue weighted by molar-refractivity contribution is -0.125. The first-order valence-electron chi connectivity index (χ1n) is 7.25. The molecule has 0 aromatic heterocycles. The van der Waals surface area contributed by atoms with E-state index in [2.05, 4.69) is 0 Å². The van der Waals surface area contributed by atoms with E-state index in [-0.39, 0.29) is 11.7 Å². The summed E-state index contributed by atoms with van der Waals surface area (Å²) >= 11 is 0. The van der Waals surface area contributed by atoms with Crippen molar-refractivity contribution in [1.29, 1.82) is 0 Å². The number of hydrogen-bond acceptors (Lipinski definition) is 2. The predicted octanol–water partition coefficient (Wildman–Crippen LogP) is 1.84. The molecule has 0 saturated carbocycles. The Balaban J connectivity index is 2.07. The molecule has 1 aliphatic rings. The molecule has 0 atom stereocenters. The first kappa shape index (κ1) is 16.0. The fraction of sp³-hybridized carbons (Fsp3) is 0.375. The molecule has 0 spiro atoms. The number of urea groups is 1. The highest BCUT2D eigenvalue weighted by atomic mass is 19.1. The Morgan fingerprint density at radius 1 is 1.14 bits per heavy atom. The van der Waals surface area contributed by atoms with Crippen LogP contribution in [0.25, 0.3) is 5.57 Å². The van der Waals surface area contributed by atoms with Crippen molar-refractivity contribution in [2.24, 2.45) is 5.73 Å². The summed E-state index contributed by atoms with van der Waals surface area (Å²) in [5.74, 6) is -0.521. The minimum atomic E-state index is -0.465. The maximum absolute atomic E-state index is 13.7. The quantitative estimate of drug-likeness (QED) is 0.847. The Labute approximate surface area is 129 Å². The maximum Gasteiger partial charge on any atom is 0.314 e. The van der Waals surface area contributed by atoms with E-state index in [4.69, 9.17) is 5.73 Å². The average molecular weight is 305 g/mol. The van der Waals surface area contributed by atoms with Gasteiger partial charge in [0.25, 0.3) is 0 Å². The van der Waals surface area contributed by atoms with Gasteiger partial charge in [-0.15, -0.1) is 0 Å². The van der Waals surface area contributed by atoms with Crippen molar-refractivity contribution < 1.29 is 14.0 Å². The molecule has 1 aliphatic heterocycles. The van der Waals surface area contributed by atoms with Crippen molar-refractivity contribution in [3.8, 4) is 0 Å². The molecule has 2 N–H and O–H groups in total. The van der Waals surface area contributed by atoms with Gasteiger partial charge in [-0.05, 0) is 25.0 Å². The molecule has 1 aromatic carbocycles. The second kappa shape index (κ2) is 7.06. The molecule has 1 aromatic rings. The standard InChI is InChI=1S/C16H20FN3O2/c1-12(13-5-2-3-6-14(13)17)11-15(21)19-7-4-8-20(10-9-19)16(18)22/h2-3,5-6,11H,4,7-10H2,1H3,(H2,18,22)/b12-11-. The Hall–Kier alpha value is -2.37. The van der Waals surface area contributed by atoms with Crippen molar-refractivity contribution >= 4 is 17.5 Å². The second-order valence-corrected chi connectivity index (χ2v) is 5.31. The number of hydrogen-bond donors (Lipinski definition) is 1. The van der Waals surface area contributed by atoms with E-state index >= 15 is 0 Å². The van der Waals surface area contributed by atoms with Crippen molar-refractivity contribution in [3.05, 3.63) is 41.7 Å². The molecule has 0 bridgehead atoms. The number of carbonyl (C=O) groups excluding carboxylic acids is 2. The Bertz CT molecular complexity index is 601. The molecule has 22 heavy (non-hydrogen) atoms. The number of carbonyl (C=O) groups is 2. The summed E-state index contributed by atoms with van der Waals surface area (Å²) in [7, 11) is 0. The molecule has 6 heteroatoms. The fourth-order valence-corrected chi connectivity index (χ4v) is 2.49. The molecule has 0 unspecified atom stereocenters. The van der Waals surface area contributed by atoms with Gasteiger partial charge in [0.15, 0.2) is 0 Å². The van der Waals surface area contributed by atoms with Crippen molar-refractivity contribution in [3.63, 3.8) is 0 Å². The summed E-state index contributed by atoms with van der Waals surface area (Å²) in [6, 6.07) is 5.89. The molecule has 1 fully saturated rings. The summed E-state index contributed by atoms with van der Waals surface area (Å²) in [6.07, 6.45) is 2.12. The average Bonchev–Trinajstić information content (AvgIpc) is 2.73. The minimum Gasteiger partial charge on any atom is -0.351 e. The highest BCUT2D eigenvalue weighted by molar-refractivity contribution is 5.95. The predicted molar refractivity (Wildman–Crippen MR) is 82.4 cm³/mol. The number of nitrogens with zero attached hydrogens (tertiary/aromatic N) is 2. The monoisotopic (exact) mass is 305 g/mol. The molecule has 0 radical (unpaired) electrons. The number of rotatable bonds is 2. The third kappa shape index (κ3) is 3.84. The van der Waals surface area contributed by atoms with Crippen LogP contribution in [0.15, 0.2) is 30.3 Å². The van der Waals surface area contributed by atoms with Gasteiger partial charge in [-0.25, -0.2) is 9.18 Å². The maximum atomic E-state index is 13.7. The number of halogens is 1. The van der Waals surface area contributed by atoms with Crippen molar-refractivity contribution in [2.75, 3.05) is 26.2 Å². The number of benzene rings is 1. The molecule has 2 rings (SSSR count). The summed E-state index contributed by atoms with van der Waals surface area (Å²) < 4.78 is 13.7. The van der Waals surface area contributed by atoms with Crippen molar-refractivity contribution in [1.82, 2.24) is 9.80 Å². The summed E-state index contributed by atoms with van der Waals surface area (Å²) in [5, 5.41) is 0. The van der Waals surface area contributed by atoms with Gasteiger partial charge >= 0.3 is 6.03 Å². The van der Waals surface area contributed by atoms with Gasteiger partial charge in [-0.1, -0.05) is 18.2 Å². The highest BCUT2D eigenvalue weighted by Crippen LogP contribution is 2.17. The van der Waals surface area contributed by atoms with Crippen LogP contribution in [0.4, 0.5) is 9.18 Å². The van der Waals surface area contributed by atoms with Crippen LogP contribution in [-0.2, 0) is 4.79 Å². The first-order valence-corrected chi connectivity index (χ1v) is 7.25. The summed E-state index contributed by atoms with van der Waals surface area (Å²) in [6.45, 7) is 3.68. The van der Waals surface area contributed by atoms with Crippen LogP contribution in [0.5, 0.6) is 0 Å². The molecule has 118 valence electrons. The van der Waals surface area contributed by atoms with Gasteiger partial charge in [0.05, 0.1) is 0 Å². The normalized spacial score (nSPS) is 16.4. The molecule has 1 saturated heterocycles. The highest BCUT2D eigenvalue weighted by Gasteiger charge is 2.19. The lowest BCUT2D eigenvalue weighted by Gasteiger charge is -2.20. The smallest absolute Gasteiger partial charge is 0.314 e. The van der Waals surface area contributed by atoms with E-state index in [0.717, 1.165) is 0 Å². The lowest BCUT2D eigenvalue weighted by Crippen LogP contribution is -2.39. The molecule has 1 heterocycles. The SMILES string of the molecule is C/C(=C/C(=O)N1CCCN(C(N)=O)CC1)c1ccccc1F. The van der Waals surface area contributed by atoms with E-state index in [1.54, 1.807) is 30.0 Å². The largest absolute Gasteiger partial charge is 0.351 e. The van der Waals surface area contributed by atoms with Gasteiger partial charge < -0.3 is 15.5 Å². The van der Waals surface area contributed by atoms with Crippen LogP contribution in [0, 0.1) is 5.82 Å². The van der Waals surface area contributed by atoms with Gasteiger partial charge in [0.2, 0.25) is 5.91 Å². The van der Waals surface area contributed by atoms with Gasteiger partial charge in [0, 0.05) is 37.8 Å². The molecular weight excluding hydrogens is 285 g/mol. The van der Waals surface area contributed by atoms with Crippen LogP contribution in [0.3, 0.4) is 0 Å². The van der Waals surface area contributed by atoms with Crippen LogP contribution < -0.4 is 5.73 Å². The molecule has 3 amide bonds. The third-order valence-corrected chi connectivity index (χ3v) is 3.76. The van der Waals surface area contributed by atoms with E-state index < -0.39 is 6.03 Å². The molecule has 5 nitrogen and oxygen atoms in total. The first-order chi connectivity index (χ1) is 10.5. The van der Waals surface area contributed by atoms with Gasteiger partial charge in [-0.2, -0.15) is 0 Å². The molecular formula is C16H20FN3O2. The summed E-state index contributed by atoms with van der Waals surface area (Å²) in [4.78, 5) is 26.7. The number of nitrogens with two attached hydrogens (primary N) is 1. The number of primary amides is 1. The van der Waals surface area contributed by atoms with Crippen LogP contribution in [-0.4, -0.2) is 47.9 Å². The Morgan fingerprint density at radius 2 is 1.77 bits per heavy atom. The Morgan fingerprint density at radius 3 is 2.45 bits per heavy atom. The van der Waals surface area contributed by atoms with Gasteiger partial charge in [-0.3, -0.25) is 4.79 Å². The topological polar surface area (TPSA) is 66.6 Å². The van der Waals surface area contributed by atoms with Gasteiger partial charge in [0.1, 0.15) is 5.82 Å². The van der Waals surface area contributed by atoms with E-state index in [1.165, 1.54) is 17.0 Å². The minimum absolute atomic E-state index is 0.174. The van der Waals surface area contributed by atoms with Crippen LogP contribution in [0.2, 0.25) is 0 Å². The third-order valence-electron chi connectivity index (χ3n) is 3.76. The molecule has 0 aliphatic carbocycles. The zero-order chi connectivity index (χ0) is 16.1. The number of amides is 3. The van der Waals surface area contributed by atoms with Crippen LogP contribution in [0.1, 0.15) is 18.9 Å². The second-order valence-electron chi connectivity index (χ2n) is 5.31. The zero-order valence-corrected chi connectivity index (χ0v) is 12.6. The van der Waals surface area contributed by atoms with Crippen molar-refractivity contribution in [2.45, 2.75) is 13.3 Å². The van der Waals surface area contributed by atoms with E-state index in [1.807, 2.05) is 0 Å². The van der Waals surface area contributed by atoms with E-state index in [9.17, 15) is 14.0 Å². The van der Waals surface area contributed by atoms with E-state index in [0.29, 0.717) is 43.7 Å². The summed E-state index contributed by atoms with van der Waals surface area (Å²) in [5.41, 5.74) is 6.26. The fourth-order valence-electron chi connectivity index (χ4n) is 2.49.